The van der Waals surface area contributed by atoms with Crippen LogP contribution in [0.4, 0.5) is 5.82 Å². The molecule has 5 heteroatoms. The van der Waals surface area contributed by atoms with E-state index < -0.39 is 0 Å². The molecule has 5 nitrogen and oxygen atoms in total. The van der Waals surface area contributed by atoms with E-state index in [-0.39, 0.29) is 0 Å². The van der Waals surface area contributed by atoms with E-state index in [1.807, 2.05) is 19.9 Å². The third-order valence-electron chi connectivity index (χ3n) is 2.39. The number of nitrogen functional groups attached to an aromatic ring is 1. The van der Waals surface area contributed by atoms with Gasteiger partial charge in [0.05, 0.1) is 12.2 Å². The predicted octanol–water partition coefficient (Wildman–Crippen LogP) is 1.98. The number of hydrogen-bond acceptors (Lipinski definition) is 5. The summed E-state index contributed by atoms with van der Waals surface area (Å²) in [4.78, 5) is 8.61. The van der Waals surface area contributed by atoms with Crippen LogP contribution in [0.25, 0.3) is 0 Å². The standard InChI is InChI=1S/C12H20N4O/c1-4-6-7-8-17-12-9(3)11(16-13)14-10(5-2)15-12/h4H,1,5-8,13H2,2-3H3,(H,14,15,16). The lowest BCUT2D eigenvalue weighted by molar-refractivity contribution is 0.296. The van der Waals surface area contributed by atoms with Crippen molar-refractivity contribution in [2.75, 3.05) is 12.0 Å². The molecular weight excluding hydrogens is 216 g/mol. The van der Waals surface area contributed by atoms with Gasteiger partial charge < -0.3 is 10.2 Å². The summed E-state index contributed by atoms with van der Waals surface area (Å²) in [5.41, 5.74) is 3.40. The molecule has 0 unspecified atom stereocenters. The zero-order chi connectivity index (χ0) is 12.7. The Bertz CT molecular complexity index is 379. The van der Waals surface area contributed by atoms with E-state index in [1.165, 1.54) is 0 Å². The van der Waals surface area contributed by atoms with Crippen LogP contribution in [0.3, 0.4) is 0 Å². The van der Waals surface area contributed by atoms with Crippen LogP contribution in [0.5, 0.6) is 5.88 Å². The van der Waals surface area contributed by atoms with Crippen molar-refractivity contribution in [3.63, 3.8) is 0 Å². The minimum Gasteiger partial charge on any atom is -0.477 e. The normalized spacial score (nSPS) is 10.1. The smallest absolute Gasteiger partial charge is 0.221 e. The lowest BCUT2D eigenvalue weighted by Crippen LogP contribution is -2.14. The van der Waals surface area contributed by atoms with Crippen LogP contribution in [0.2, 0.25) is 0 Å². The lowest BCUT2D eigenvalue weighted by Gasteiger charge is -2.12. The molecule has 0 aliphatic carbocycles. The molecule has 1 aromatic heterocycles. The van der Waals surface area contributed by atoms with Gasteiger partial charge in [-0.2, -0.15) is 4.98 Å². The molecule has 3 N–H and O–H groups in total. The zero-order valence-electron chi connectivity index (χ0n) is 10.5. The lowest BCUT2D eigenvalue weighted by atomic mass is 10.3. The van der Waals surface area contributed by atoms with E-state index in [0.29, 0.717) is 18.3 Å². The van der Waals surface area contributed by atoms with Gasteiger partial charge in [-0.1, -0.05) is 13.0 Å². The van der Waals surface area contributed by atoms with Crippen molar-refractivity contribution < 1.29 is 4.74 Å². The molecule has 17 heavy (non-hydrogen) atoms. The van der Waals surface area contributed by atoms with E-state index in [9.17, 15) is 0 Å². The van der Waals surface area contributed by atoms with Crippen molar-refractivity contribution >= 4 is 5.82 Å². The minimum absolute atomic E-state index is 0.605. The maximum Gasteiger partial charge on any atom is 0.221 e. The van der Waals surface area contributed by atoms with Crippen molar-refractivity contribution in [2.24, 2.45) is 5.84 Å². The summed E-state index contributed by atoms with van der Waals surface area (Å²) in [6.07, 6.45) is 4.49. The number of unbranched alkanes of at least 4 members (excludes halogenated alkanes) is 1. The summed E-state index contributed by atoms with van der Waals surface area (Å²) in [6, 6.07) is 0. The van der Waals surface area contributed by atoms with Crippen LogP contribution < -0.4 is 16.0 Å². The first-order chi connectivity index (χ1) is 8.22. The molecule has 0 fully saturated rings. The Labute approximate surface area is 102 Å². The van der Waals surface area contributed by atoms with E-state index in [0.717, 1.165) is 30.7 Å². The van der Waals surface area contributed by atoms with Crippen molar-refractivity contribution in [1.29, 1.82) is 0 Å². The Morgan fingerprint density at radius 2 is 2.24 bits per heavy atom. The summed E-state index contributed by atoms with van der Waals surface area (Å²) in [7, 11) is 0. The summed E-state index contributed by atoms with van der Waals surface area (Å²) < 4.78 is 5.63. The van der Waals surface area contributed by atoms with Gasteiger partial charge in [-0.05, 0) is 19.8 Å². The molecule has 1 aromatic rings. The van der Waals surface area contributed by atoms with E-state index in [4.69, 9.17) is 10.6 Å². The fourth-order valence-electron chi connectivity index (χ4n) is 1.38. The number of nitrogens with one attached hydrogen (secondary N) is 1. The average Bonchev–Trinajstić information content (AvgIpc) is 2.36. The Hall–Kier alpha value is -1.62. The topological polar surface area (TPSA) is 73.1 Å². The highest BCUT2D eigenvalue weighted by Crippen LogP contribution is 2.21. The Kier molecular flexibility index (Phi) is 5.42. The molecule has 0 bridgehead atoms. The van der Waals surface area contributed by atoms with Gasteiger partial charge in [0.15, 0.2) is 0 Å². The predicted molar refractivity (Wildman–Crippen MR) is 68.9 cm³/mol. The molecule has 0 saturated heterocycles. The quantitative estimate of drug-likeness (QED) is 0.328. The van der Waals surface area contributed by atoms with E-state index in [2.05, 4.69) is 22.0 Å². The first-order valence-electron chi connectivity index (χ1n) is 5.80. The summed E-state index contributed by atoms with van der Waals surface area (Å²) in [5.74, 6) is 7.36. The molecule has 1 rings (SSSR count). The van der Waals surface area contributed by atoms with Crippen LogP contribution in [0, 0.1) is 6.92 Å². The zero-order valence-corrected chi connectivity index (χ0v) is 10.5. The fourth-order valence-corrected chi connectivity index (χ4v) is 1.38. The second-order valence-corrected chi connectivity index (χ2v) is 3.70. The second kappa shape index (κ2) is 6.85. The Morgan fingerprint density at radius 3 is 2.82 bits per heavy atom. The number of aryl methyl sites for hydroxylation is 1. The van der Waals surface area contributed by atoms with Crippen molar-refractivity contribution in [2.45, 2.75) is 33.1 Å². The molecule has 0 radical (unpaired) electrons. The molecule has 94 valence electrons. The summed E-state index contributed by atoms with van der Waals surface area (Å²) in [5, 5.41) is 0. The number of hydrogen-bond donors (Lipinski definition) is 2. The average molecular weight is 236 g/mol. The maximum absolute atomic E-state index is 5.63. The third kappa shape index (κ3) is 3.71. The molecule has 0 spiro atoms. The number of nitrogens with zero attached hydrogens (tertiary/aromatic N) is 2. The highest BCUT2D eigenvalue weighted by atomic mass is 16.5. The number of hydrazine groups is 1. The maximum atomic E-state index is 5.63. The monoisotopic (exact) mass is 236 g/mol. The van der Waals surface area contributed by atoms with Gasteiger partial charge in [-0.15, -0.1) is 6.58 Å². The van der Waals surface area contributed by atoms with Gasteiger partial charge in [0.25, 0.3) is 0 Å². The van der Waals surface area contributed by atoms with E-state index in [1.54, 1.807) is 0 Å². The van der Waals surface area contributed by atoms with Gasteiger partial charge in [-0.25, -0.2) is 10.8 Å². The molecule has 0 aliphatic heterocycles. The largest absolute Gasteiger partial charge is 0.477 e. The molecule has 0 amide bonds. The van der Waals surface area contributed by atoms with Crippen LogP contribution >= 0.6 is 0 Å². The summed E-state index contributed by atoms with van der Waals surface area (Å²) >= 11 is 0. The molecule has 0 atom stereocenters. The highest BCUT2D eigenvalue weighted by Gasteiger charge is 2.10. The number of anilines is 1. The number of ether oxygens (including phenoxy) is 1. The third-order valence-corrected chi connectivity index (χ3v) is 2.39. The Morgan fingerprint density at radius 1 is 1.47 bits per heavy atom. The van der Waals surface area contributed by atoms with Gasteiger partial charge in [-0.3, -0.25) is 0 Å². The molecular formula is C12H20N4O. The second-order valence-electron chi connectivity index (χ2n) is 3.70. The van der Waals surface area contributed by atoms with Gasteiger partial charge in [0.1, 0.15) is 11.6 Å². The van der Waals surface area contributed by atoms with Crippen molar-refractivity contribution in [1.82, 2.24) is 9.97 Å². The minimum atomic E-state index is 0.605. The SMILES string of the molecule is C=CCCCOc1nc(CC)nc(NN)c1C. The van der Waals surface area contributed by atoms with Crippen LogP contribution in [0.15, 0.2) is 12.7 Å². The highest BCUT2D eigenvalue weighted by molar-refractivity contribution is 5.47. The first-order valence-corrected chi connectivity index (χ1v) is 5.80. The first kappa shape index (κ1) is 13.4. The number of nitrogens with two attached hydrogens (primary N) is 1. The van der Waals surface area contributed by atoms with Crippen molar-refractivity contribution in [3.05, 3.63) is 24.0 Å². The van der Waals surface area contributed by atoms with Crippen LogP contribution in [-0.2, 0) is 6.42 Å². The van der Waals surface area contributed by atoms with Gasteiger partial charge >= 0.3 is 0 Å². The van der Waals surface area contributed by atoms with Gasteiger partial charge in [0, 0.05) is 6.42 Å². The fraction of sp³-hybridized carbons (Fsp3) is 0.500. The number of rotatable bonds is 7. The molecule has 0 aliphatic rings. The Balaban J connectivity index is 2.78. The van der Waals surface area contributed by atoms with Crippen molar-refractivity contribution in [3.8, 4) is 5.88 Å². The number of aromatic nitrogens is 2. The van der Waals surface area contributed by atoms with Crippen LogP contribution in [0.1, 0.15) is 31.2 Å². The van der Waals surface area contributed by atoms with Gasteiger partial charge in [0.2, 0.25) is 5.88 Å². The molecule has 1 heterocycles. The van der Waals surface area contributed by atoms with Crippen LogP contribution in [-0.4, -0.2) is 16.6 Å². The molecule has 0 aromatic carbocycles. The summed E-state index contributed by atoms with van der Waals surface area (Å²) in [6.45, 7) is 8.17. The van der Waals surface area contributed by atoms with E-state index >= 15 is 0 Å². The number of allylic oxidation sites excluding steroid dienone is 1. The molecule has 0 saturated carbocycles.